The first kappa shape index (κ1) is 15.8. The van der Waals surface area contributed by atoms with Gasteiger partial charge in [0, 0.05) is 19.2 Å². The van der Waals surface area contributed by atoms with Gasteiger partial charge in [-0.15, -0.1) is 0 Å². The molecule has 0 spiro atoms. The van der Waals surface area contributed by atoms with Crippen LogP contribution in [0.15, 0.2) is 60.7 Å². The van der Waals surface area contributed by atoms with E-state index in [1.807, 2.05) is 72.5 Å². The van der Waals surface area contributed by atoms with E-state index in [1.165, 1.54) is 0 Å². The van der Waals surface area contributed by atoms with E-state index < -0.39 is 0 Å². The van der Waals surface area contributed by atoms with Crippen LogP contribution in [0.25, 0.3) is 6.08 Å². The van der Waals surface area contributed by atoms with E-state index in [1.54, 1.807) is 13.2 Å². The first-order valence-electron chi connectivity index (χ1n) is 7.38. The van der Waals surface area contributed by atoms with Gasteiger partial charge in [0.2, 0.25) is 5.91 Å². The van der Waals surface area contributed by atoms with Gasteiger partial charge < -0.3 is 9.64 Å². The third kappa shape index (κ3) is 4.48. The minimum Gasteiger partial charge on any atom is -0.497 e. The molecule has 0 heterocycles. The molecule has 0 N–H and O–H groups in total. The Bertz CT molecular complexity index is 635. The van der Waals surface area contributed by atoms with Crippen LogP contribution in [0, 0.1) is 0 Å². The molecule has 0 unspecified atom stereocenters. The van der Waals surface area contributed by atoms with Gasteiger partial charge in [-0.1, -0.05) is 42.5 Å². The molecule has 2 aromatic carbocycles. The van der Waals surface area contributed by atoms with Crippen LogP contribution in [0.5, 0.6) is 5.75 Å². The second-order valence-corrected chi connectivity index (χ2v) is 4.95. The van der Waals surface area contributed by atoms with Crippen LogP contribution < -0.4 is 4.74 Å². The minimum absolute atomic E-state index is 0.00849. The molecule has 0 radical (unpaired) electrons. The average Bonchev–Trinajstić information content (AvgIpc) is 2.58. The fraction of sp³-hybridized carbons (Fsp3) is 0.211. The van der Waals surface area contributed by atoms with Gasteiger partial charge in [-0.2, -0.15) is 0 Å². The smallest absolute Gasteiger partial charge is 0.246 e. The predicted octanol–water partition coefficient (Wildman–Crippen LogP) is 3.76. The molecular formula is C19H21NO2. The Morgan fingerprint density at radius 2 is 1.91 bits per heavy atom. The molecule has 3 nitrogen and oxygen atoms in total. The molecular weight excluding hydrogens is 274 g/mol. The summed E-state index contributed by atoms with van der Waals surface area (Å²) in [5.41, 5.74) is 2.08. The molecule has 3 heteroatoms. The van der Waals surface area contributed by atoms with E-state index in [9.17, 15) is 4.79 Å². The lowest BCUT2D eigenvalue weighted by Crippen LogP contribution is -2.28. The highest BCUT2D eigenvalue weighted by Crippen LogP contribution is 2.14. The van der Waals surface area contributed by atoms with Gasteiger partial charge in [0.1, 0.15) is 5.75 Å². The normalized spacial score (nSPS) is 10.6. The van der Waals surface area contributed by atoms with Crippen LogP contribution >= 0.6 is 0 Å². The third-order valence-electron chi connectivity index (χ3n) is 3.42. The number of hydrogen-bond acceptors (Lipinski definition) is 2. The van der Waals surface area contributed by atoms with Crippen LogP contribution in [0.4, 0.5) is 0 Å². The zero-order chi connectivity index (χ0) is 15.8. The Balaban J connectivity index is 2.03. The minimum atomic E-state index is 0.00849. The summed E-state index contributed by atoms with van der Waals surface area (Å²) in [6.45, 7) is 3.29. The van der Waals surface area contributed by atoms with E-state index in [0.29, 0.717) is 13.1 Å². The van der Waals surface area contributed by atoms with Crippen molar-refractivity contribution in [2.24, 2.45) is 0 Å². The standard InChI is InChI=1S/C19H21NO2/c1-3-20(15-17-8-5-4-6-9-17)19(21)13-12-16-10-7-11-18(14-16)22-2/h4-14H,3,15H2,1-2H3/b13-12+. The Kier molecular flexibility index (Phi) is 5.78. The van der Waals surface area contributed by atoms with Gasteiger partial charge in [0.05, 0.1) is 7.11 Å². The number of likely N-dealkylation sites (N-methyl/N-ethyl adjacent to an activating group) is 1. The predicted molar refractivity (Wildman–Crippen MR) is 89.6 cm³/mol. The molecule has 0 saturated heterocycles. The monoisotopic (exact) mass is 295 g/mol. The number of ether oxygens (including phenoxy) is 1. The lowest BCUT2D eigenvalue weighted by Gasteiger charge is -2.19. The molecule has 0 atom stereocenters. The number of benzene rings is 2. The highest BCUT2D eigenvalue weighted by molar-refractivity contribution is 5.91. The van der Waals surface area contributed by atoms with Crippen molar-refractivity contribution in [2.75, 3.05) is 13.7 Å². The van der Waals surface area contributed by atoms with Gasteiger partial charge in [-0.3, -0.25) is 4.79 Å². The van der Waals surface area contributed by atoms with E-state index in [-0.39, 0.29) is 5.91 Å². The Hall–Kier alpha value is -2.55. The second kappa shape index (κ2) is 8.03. The average molecular weight is 295 g/mol. The van der Waals surface area contributed by atoms with E-state index >= 15 is 0 Å². The van der Waals surface area contributed by atoms with E-state index in [4.69, 9.17) is 4.74 Å². The van der Waals surface area contributed by atoms with Crippen LogP contribution in [0.2, 0.25) is 0 Å². The van der Waals surface area contributed by atoms with E-state index in [0.717, 1.165) is 16.9 Å². The van der Waals surface area contributed by atoms with Crippen molar-refractivity contribution in [2.45, 2.75) is 13.5 Å². The number of methoxy groups -OCH3 is 1. The number of amides is 1. The molecule has 0 aliphatic rings. The van der Waals surface area contributed by atoms with Crippen molar-refractivity contribution < 1.29 is 9.53 Å². The summed E-state index contributed by atoms with van der Waals surface area (Å²) in [6, 6.07) is 17.6. The topological polar surface area (TPSA) is 29.5 Å². The number of hydrogen-bond donors (Lipinski definition) is 0. The van der Waals surface area contributed by atoms with Crippen molar-refractivity contribution in [3.8, 4) is 5.75 Å². The van der Waals surface area contributed by atoms with Crippen molar-refractivity contribution in [1.82, 2.24) is 4.90 Å². The maximum absolute atomic E-state index is 12.3. The summed E-state index contributed by atoms with van der Waals surface area (Å²) in [6.07, 6.45) is 3.43. The Labute approximate surface area is 131 Å². The summed E-state index contributed by atoms with van der Waals surface area (Å²) < 4.78 is 5.18. The molecule has 0 aromatic heterocycles. The van der Waals surface area contributed by atoms with Gasteiger partial charge in [-0.25, -0.2) is 0 Å². The van der Waals surface area contributed by atoms with Gasteiger partial charge >= 0.3 is 0 Å². The Morgan fingerprint density at radius 3 is 2.59 bits per heavy atom. The maximum Gasteiger partial charge on any atom is 0.246 e. The van der Waals surface area contributed by atoms with Gasteiger partial charge in [0.25, 0.3) is 0 Å². The first-order valence-corrected chi connectivity index (χ1v) is 7.38. The number of nitrogens with zero attached hydrogens (tertiary/aromatic N) is 1. The SMILES string of the molecule is CCN(Cc1ccccc1)C(=O)/C=C/c1cccc(OC)c1. The molecule has 2 rings (SSSR count). The van der Waals surface area contributed by atoms with Crippen molar-refractivity contribution in [3.05, 3.63) is 71.8 Å². The molecule has 1 amide bonds. The lowest BCUT2D eigenvalue weighted by atomic mass is 10.2. The fourth-order valence-corrected chi connectivity index (χ4v) is 2.17. The van der Waals surface area contributed by atoms with Crippen LogP contribution in [-0.2, 0) is 11.3 Å². The maximum atomic E-state index is 12.3. The van der Waals surface area contributed by atoms with Crippen molar-refractivity contribution in [3.63, 3.8) is 0 Å². The molecule has 0 aliphatic carbocycles. The molecule has 0 aliphatic heterocycles. The molecule has 0 bridgehead atoms. The van der Waals surface area contributed by atoms with Crippen LogP contribution in [0.1, 0.15) is 18.1 Å². The Morgan fingerprint density at radius 1 is 1.14 bits per heavy atom. The van der Waals surface area contributed by atoms with Crippen LogP contribution in [0.3, 0.4) is 0 Å². The number of carbonyl (C=O) groups excluding carboxylic acids is 1. The van der Waals surface area contributed by atoms with E-state index in [2.05, 4.69) is 0 Å². The second-order valence-electron chi connectivity index (χ2n) is 4.95. The molecule has 22 heavy (non-hydrogen) atoms. The fourth-order valence-electron chi connectivity index (χ4n) is 2.17. The summed E-state index contributed by atoms with van der Waals surface area (Å²) >= 11 is 0. The third-order valence-corrected chi connectivity index (χ3v) is 3.42. The highest BCUT2D eigenvalue weighted by atomic mass is 16.5. The number of rotatable bonds is 6. The zero-order valence-electron chi connectivity index (χ0n) is 13.0. The van der Waals surface area contributed by atoms with Gasteiger partial charge in [0.15, 0.2) is 0 Å². The summed E-state index contributed by atoms with van der Waals surface area (Å²) in [5, 5.41) is 0. The molecule has 2 aromatic rings. The highest BCUT2D eigenvalue weighted by Gasteiger charge is 2.08. The van der Waals surface area contributed by atoms with Crippen molar-refractivity contribution in [1.29, 1.82) is 0 Å². The van der Waals surface area contributed by atoms with Gasteiger partial charge in [-0.05, 0) is 36.3 Å². The largest absolute Gasteiger partial charge is 0.497 e. The molecule has 0 saturated carbocycles. The molecule has 114 valence electrons. The number of carbonyl (C=O) groups is 1. The summed E-state index contributed by atoms with van der Waals surface area (Å²) in [7, 11) is 1.63. The molecule has 0 fully saturated rings. The summed E-state index contributed by atoms with van der Waals surface area (Å²) in [5.74, 6) is 0.792. The quantitative estimate of drug-likeness (QED) is 0.759. The summed E-state index contributed by atoms with van der Waals surface area (Å²) in [4.78, 5) is 14.1. The van der Waals surface area contributed by atoms with Crippen molar-refractivity contribution >= 4 is 12.0 Å². The zero-order valence-corrected chi connectivity index (χ0v) is 13.0. The first-order chi connectivity index (χ1) is 10.7. The lowest BCUT2D eigenvalue weighted by molar-refractivity contribution is -0.126. The van der Waals surface area contributed by atoms with Crippen LogP contribution in [-0.4, -0.2) is 24.5 Å².